The molecule has 0 aliphatic carbocycles. The van der Waals surface area contributed by atoms with Crippen molar-refractivity contribution in [1.82, 2.24) is 9.97 Å². The lowest BCUT2D eigenvalue weighted by Crippen LogP contribution is -1.92. The lowest BCUT2D eigenvalue weighted by atomic mass is 10.1. The minimum atomic E-state index is 0.126. The minimum absolute atomic E-state index is 0.126. The number of aliphatic hydroxyl groups is 1. The predicted molar refractivity (Wildman–Crippen MR) is 59.6 cm³/mol. The lowest BCUT2D eigenvalue weighted by Gasteiger charge is -2.01. The van der Waals surface area contributed by atoms with Gasteiger partial charge in [-0.15, -0.1) is 0 Å². The van der Waals surface area contributed by atoms with Crippen molar-refractivity contribution >= 4 is 0 Å². The van der Waals surface area contributed by atoms with E-state index in [0.29, 0.717) is 6.42 Å². The summed E-state index contributed by atoms with van der Waals surface area (Å²) in [5.74, 6) is 0.829. The molecule has 0 aliphatic heterocycles. The summed E-state index contributed by atoms with van der Waals surface area (Å²) >= 11 is 0. The molecule has 78 valence electrons. The van der Waals surface area contributed by atoms with Crippen LogP contribution in [0.1, 0.15) is 11.4 Å². The van der Waals surface area contributed by atoms with Gasteiger partial charge in [-0.2, -0.15) is 0 Å². The van der Waals surface area contributed by atoms with Crippen LogP contribution >= 0.6 is 0 Å². The number of aromatic amines is 1. The molecule has 1 heterocycles. The molecule has 0 atom stereocenters. The van der Waals surface area contributed by atoms with Gasteiger partial charge in [0.25, 0.3) is 0 Å². The van der Waals surface area contributed by atoms with Gasteiger partial charge in [-0.05, 0) is 12.5 Å². The van der Waals surface area contributed by atoms with Crippen molar-refractivity contribution in [3.8, 4) is 11.3 Å². The summed E-state index contributed by atoms with van der Waals surface area (Å²) in [6.07, 6.45) is 2.39. The molecule has 1 aromatic heterocycles. The molecule has 2 N–H and O–H groups in total. The highest BCUT2D eigenvalue weighted by molar-refractivity contribution is 5.62. The van der Waals surface area contributed by atoms with Crippen LogP contribution in [0.3, 0.4) is 0 Å². The summed E-state index contributed by atoms with van der Waals surface area (Å²) in [4.78, 5) is 7.41. The number of imidazole rings is 1. The number of aromatic nitrogens is 2. The van der Waals surface area contributed by atoms with Crippen LogP contribution in [0.5, 0.6) is 0 Å². The van der Waals surface area contributed by atoms with E-state index in [1.54, 1.807) is 0 Å². The molecule has 0 fully saturated rings. The molecular formula is C12H14N2O. The molecule has 0 radical (unpaired) electrons. The first-order valence-corrected chi connectivity index (χ1v) is 5.02. The summed E-state index contributed by atoms with van der Waals surface area (Å²) in [6.45, 7) is 2.20. The summed E-state index contributed by atoms with van der Waals surface area (Å²) in [5.41, 5.74) is 3.39. The van der Waals surface area contributed by atoms with E-state index >= 15 is 0 Å². The Balaban J connectivity index is 2.33. The maximum absolute atomic E-state index is 8.79. The zero-order chi connectivity index (χ0) is 10.7. The molecule has 0 saturated carbocycles. The highest BCUT2D eigenvalue weighted by atomic mass is 16.3. The topological polar surface area (TPSA) is 48.9 Å². The Labute approximate surface area is 88.8 Å². The molecule has 2 aromatic rings. The largest absolute Gasteiger partial charge is 0.396 e. The van der Waals surface area contributed by atoms with Crippen LogP contribution in [0.15, 0.2) is 30.5 Å². The van der Waals surface area contributed by atoms with E-state index in [2.05, 4.69) is 29.0 Å². The number of hydrogen-bond donors (Lipinski definition) is 2. The van der Waals surface area contributed by atoms with Gasteiger partial charge >= 0.3 is 0 Å². The van der Waals surface area contributed by atoms with Crippen LogP contribution in [0.25, 0.3) is 11.3 Å². The Bertz CT molecular complexity index is 448. The molecule has 0 unspecified atom stereocenters. The second kappa shape index (κ2) is 4.28. The molecule has 2 rings (SSSR count). The normalized spacial score (nSPS) is 10.5. The molecule has 0 bridgehead atoms. The fraction of sp³-hybridized carbons (Fsp3) is 0.250. The second-order valence-corrected chi connectivity index (χ2v) is 3.53. The first-order chi connectivity index (χ1) is 7.31. The van der Waals surface area contributed by atoms with Crippen molar-refractivity contribution in [2.75, 3.05) is 6.61 Å². The van der Waals surface area contributed by atoms with Gasteiger partial charge in [-0.25, -0.2) is 4.98 Å². The summed E-state index contributed by atoms with van der Waals surface area (Å²) in [6, 6.07) is 8.16. The van der Waals surface area contributed by atoms with Gasteiger partial charge in [-0.1, -0.05) is 24.3 Å². The van der Waals surface area contributed by atoms with E-state index in [1.165, 1.54) is 5.56 Å². The number of aryl methyl sites for hydroxylation is 1. The van der Waals surface area contributed by atoms with E-state index in [4.69, 9.17) is 5.11 Å². The van der Waals surface area contributed by atoms with Crippen molar-refractivity contribution < 1.29 is 5.11 Å². The van der Waals surface area contributed by atoms with E-state index in [0.717, 1.165) is 17.1 Å². The molecule has 0 aliphatic rings. The van der Waals surface area contributed by atoms with E-state index in [9.17, 15) is 0 Å². The molecule has 0 amide bonds. The number of nitrogens with zero attached hydrogens (tertiary/aromatic N) is 1. The number of aliphatic hydroxyl groups excluding tert-OH is 1. The van der Waals surface area contributed by atoms with Crippen molar-refractivity contribution in [3.63, 3.8) is 0 Å². The third-order valence-corrected chi connectivity index (χ3v) is 2.41. The Kier molecular flexibility index (Phi) is 2.83. The van der Waals surface area contributed by atoms with Crippen LogP contribution in [0.2, 0.25) is 0 Å². The van der Waals surface area contributed by atoms with Gasteiger partial charge < -0.3 is 10.1 Å². The van der Waals surface area contributed by atoms with E-state index < -0.39 is 0 Å². The number of rotatable bonds is 3. The molecule has 0 saturated heterocycles. The molecule has 1 aromatic carbocycles. The third-order valence-electron chi connectivity index (χ3n) is 2.41. The van der Waals surface area contributed by atoms with Crippen molar-refractivity contribution in [2.24, 2.45) is 0 Å². The van der Waals surface area contributed by atoms with Crippen LogP contribution in [0.4, 0.5) is 0 Å². The van der Waals surface area contributed by atoms with Crippen LogP contribution in [-0.2, 0) is 6.42 Å². The Morgan fingerprint density at radius 3 is 2.87 bits per heavy atom. The maximum Gasteiger partial charge on any atom is 0.108 e. The quantitative estimate of drug-likeness (QED) is 0.798. The zero-order valence-corrected chi connectivity index (χ0v) is 8.70. The average molecular weight is 202 g/mol. The fourth-order valence-electron chi connectivity index (χ4n) is 1.61. The van der Waals surface area contributed by atoms with Gasteiger partial charge in [0.2, 0.25) is 0 Å². The van der Waals surface area contributed by atoms with Gasteiger partial charge in [0.05, 0.1) is 18.5 Å². The number of H-pyrrole nitrogens is 1. The molecular weight excluding hydrogens is 188 g/mol. The van der Waals surface area contributed by atoms with Crippen molar-refractivity contribution in [2.45, 2.75) is 13.3 Å². The molecule has 3 nitrogen and oxygen atoms in total. The average Bonchev–Trinajstić information content (AvgIpc) is 2.68. The van der Waals surface area contributed by atoms with Crippen molar-refractivity contribution in [1.29, 1.82) is 0 Å². The standard InChI is InChI=1S/C12H14N2O/c1-9-4-2-3-5-10(9)11-8-13-12(14-11)6-7-15/h2-5,8,15H,6-7H2,1H3,(H,13,14). The van der Waals surface area contributed by atoms with E-state index in [1.807, 2.05) is 18.3 Å². The minimum Gasteiger partial charge on any atom is -0.396 e. The van der Waals surface area contributed by atoms with Crippen LogP contribution in [0, 0.1) is 6.92 Å². The molecule has 0 spiro atoms. The number of benzene rings is 1. The summed E-state index contributed by atoms with van der Waals surface area (Å²) in [7, 11) is 0. The Morgan fingerprint density at radius 1 is 1.33 bits per heavy atom. The Hall–Kier alpha value is -1.61. The first-order valence-electron chi connectivity index (χ1n) is 5.02. The number of hydrogen-bond acceptors (Lipinski definition) is 2. The van der Waals surface area contributed by atoms with Gasteiger partial charge in [0, 0.05) is 12.0 Å². The molecule has 15 heavy (non-hydrogen) atoms. The van der Waals surface area contributed by atoms with Crippen LogP contribution in [-0.4, -0.2) is 21.7 Å². The Morgan fingerprint density at radius 2 is 2.13 bits per heavy atom. The lowest BCUT2D eigenvalue weighted by molar-refractivity contribution is 0.297. The van der Waals surface area contributed by atoms with Gasteiger partial charge in [-0.3, -0.25) is 0 Å². The first kappa shape index (κ1) is 9.93. The van der Waals surface area contributed by atoms with E-state index in [-0.39, 0.29) is 6.61 Å². The molecule has 3 heteroatoms. The fourth-order valence-corrected chi connectivity index (χ4v) is 1.61. The van der Waals surface area contributed by atoms with Gasteiger partial charge in [0.15, 0.2) is 0 Å². The van der Waals surface area contributed by atoms with Crippen molar-refractivity contribution in [3.05, 3.63) is 41.9 Å². The number of nitrogens with one attached hydrogen (secondary N) is 1. The zero-order valence-electron chi connectivity index (χ0n) is 8.70. The third kappa shape index (κ3) is 2.07. The highest BCUT2D eigenvalue weighted by Gasteiger charge is 2.04. The monoisotopic (exact) mass is 202 g/mol. The van der Waals surface area contributed by atoms with Crippen LogP contribution < -0.4 is 0 Å². The summed E-state index contributed by atoms with van der Waals surface area (Å²) < 4.78 is 0. The second-order valence-electron chi connectivity index (χ2n) is 3.53. The predicted octanol–water partition coefficient (Wildman–Crippen LogP) is 1.92. The maximum atomic E-state index is 8.79. The SMILES string of the molecule is Cc1ccccc1-c1cnc(CCO)[nH]1. The highest BCUT2D eigenvalue weighted by Crippen LogP contribution is 2.20. The summed E-state index contributed by atoms with van der Waals surface area (Å²) in [5, 5.41) is 8.79. The smallest absolute Gasteiger partial charge is 0.108 e. The van der Waals surface area contributed by atoms with Gasteiger partial charge in [0.1, 0.15) is 5.82 Å².